The van der Waals surface area contributed by atoms with Gasteiger partial charge in [-0.2, -0.15) is 0 Å². The molecular formula is C21H18ClN3O8. The molecule has 172 valence electrons. The highest BCUT2D eigenvalue weighted by molar-refractivity contribution is 6.33. The van der Waals surface area contributed by atoms with Crippen LogP contribution in [0.5, 0.6) is 5.75 Å². The number of ether oxygens (including phenoxy) is 1. The first-order chi connectivity index (χ1) is 15.7. The lowest BCUT2D eigenvalue weighted by Gasteiger charge is -2.21. The van der Waals surface area contributed by atoms with Gasteiger partial charge in [0, 0.05) is 30.0 Å². The molecule has 0 bridgehead atoms. The number of hydroxylamine groups is 1. The molecule has 2 aromatic carbocycles. The Morgan fingerprint density at radius 2 is 1.94 bits per heavy atom. The van der Waals surface area contributed by atoms with Crippen LogP contribution in [0.25, 0.3) is 11.0 Å². The van der Waals surface area contributed by atoms with E-state index in [1.54, 1.807) is 6.07 Å². The van der Waals surface area contributed by atoms with Crippen LogP contribution in [0, 0.1) is 10.1 Å². The van der Waals surface area contributed by atoms with Gasteiger partial charge in [-0.1, -0.05) is 29.8 Å². The van der Waals surface area contributed by atoms with Crippen molar-refractivity contribution >= 4 is 46.0 Å². The lowest BCUT2D eigenvalue weighted by atomic mass is 10.1. The number of nitrogens with zero attached hydrogens (tertiary/aromatic N) is 2. The fraction of sp³-hybridized carbons (Fsp3) is 0.190. The van der Waals surface area contributed by atoms with E-state index in [-0.39, 0.29) is 39.9 Å². The van der Waals surface area contributed by atoms with E-state index < -0.39 is 29.3 Å². The normalized spacial score (nSPS) is 10.6. The summed E-state index contributed by atoms with van der Waals surface area (Å²) in [5, 5.41) is 11.9. The van der Waals surface area contributed by atoms with Crippen LogP contribution in [-0.4, -0.2) is 41.3 Å². The minimum Gasteiger partial charge on any atom is -0.451 e. The van der Waals surface area contributed by atoms with Gasteiger partial charge in [0.15, 0.2) is 11.5 Å². The minimum absolute atomic E-state index is 0.0567. The number of benzene rings is 2. The first-order valence-corrected chi connectivity index (χ1v) is 9.82. The van der Waals surface area contributed by atoms with Crippen LogP contribution >= 0.6 is 11.6 Å². The SMILES string of the molecule is CONC(=O)CN(Cc1ccccc1[N+](=O)[O-])C(=O)c1cc2cc(Cl)c(OC(C)=O)cc2o1. The molecular weight excluding hydrogens is 458 g/mol. The maximum Gasteiger partial charge on any atom is 0.308 e. The molecule has 2 amide bonds. The van der Waals surface area contributed by atoms with Crippen LogP contribution in [-0.2, 0) is 21.0 Å². The zero-order chi connectivity index (χ0) is 24.1. The number of para-hydroxylation sites is 1. The summed E-state index contributed by atoms with van der Waals surface area (Å²) in [6.07, 6.45) is 0. The Labute approximate surface area is 191 Å². The van der Waals surface area contributed by atoms with Gasteiger partial charge in [0.2, 0.25) is 0 Å². The Morgan fingerprint density at radius 1 is 1.21 bits per heavy atom. The van der Waals surface area contributed by atoms with Crippen molar-refractivity contribution in [2.75, 3.05) is 13.7 Å². The number of carbonyl (C=O) groups is 3. The molecule has 33 heavy (non-hydrogen) atoms. The summed E-state index contributed by atoms with van der Waals surface area (Å²) >= 11 is 6.11. The second kappa shape index (κ2) is 10.1. The standard InChI is InChI=1S/C21H18ClN3O8/c1-12(26)32-18-9-17-14(7-15(18)22)8-19(33-17)21(28)24(11-20(27)23-31-2)10-13-5-3-4-6-16(13)25(29)30/h3-9H,10-11H2,1-2H3,(H,23,27). The van der Waals surface area contributed by atoms with E-state index in [1.807, 2.05) is 0 Å². The molecule has 0 radical (unpaired) electrons. The van der Waals surface area contributed by atoms with Crippen molar-refractivity contribution in [3.63, 3.8) is 0 Å². The number of rotatable bonds is 8. The molecule has 0 unspecified atom stereocenters. The molecule has 0 atom stereocenters. The molecule has 3 rings (SSSR count). The summed E-state index contributed by atoms with van der Waals surface area (Å²) in [6.45, 7) is 0.502. The van der Waals surface area contributed by atoms with E-state index in [9.17, 15) is 24.5 Å². The molecule has 3 aromatic rings. The van der Waals surface area contributed by atoms with Gasteiger partial charge in [-0.15, -0.1) is 0 Å². The molecule has 1 N–H and O–H groups in total. The lowest BCUT2D eigenvalue weighted by Crippen LogP contribution is -2.40. The summed E-state index contributed by atoms with van der Waals surface area (Å²) in [4.78, 5) is 53.0. The summed E-state index contributed by atoms with van der Waals surface area (Å²) in [5.74, 6) is -2.04. The molecule has 0 saturated heterocycles. The van der Waals surface area contributed by atoms with Gasteiger partial charge in [0.05, 0.1) is 23.6 Å². The van der Waals surface area contributed by atoms with Crippen molar-refractivity contribution < 1.29 is 33.3 Å². The number of nitro groups is 1. The van der Waals surface area contributed by atoms with Gasteiger partial charge in [0.25, 0.3) is 17.5 Å². The fourth-order valence-corrected chi connectivity index (χ4v) is 3.29. The first-order valence-electron chi connectivity index (χ1n) is 9.44. The number of amides is 2. The smallest absolute Gasteiger partial charge is 0.308 e. The van der Waals surface area contributed by atoms with Crippen molar-refractivity contribution in [3.8, 4) is 5.75 Å². The van der Waals surface area contributed by atoms with Crippen LogP contribution in [0.15, 0.2) is 46.9 Å². The van der Waals surface area contributed by atoms with E-state index in [0.29, 0.717) is 5.39 Å². The van der Waals surface area contributed by atoms with Gasteiger partial charge < -0.3 is 14.1 Å². The number of nitrogens with one attached hydrogen (secondary N) is 1. The molecule has 0 aliphatic rings. The maximum absolute atomic E-state index is 13.2. The summed E-state index contributed by atoms with van der Waals surface area (Å²) in [6, 6.07) is 10.1. The van der Waals surface area contributed by atoms with Gasteiger partial charge >= 0.3 is 5.97 Å². The number of carbonyl (C=O) groups excluding carboxylic acids is 3. The summed E-state index contributed by atoms with van der Waals surface area (Å²) in [5.41, 5.74) is 2.33. The number of furan rings is 1. The predicted octanol–water partition coefficient (Wildman–Crippen LogP) is 3.24. The van der Waals surface area contributed by atoms with Gasteiger partial charge in [0.1, 0.15) is 12.1 Å². The number of fused-ring (bicyclic) bond motifs is 1. The monoisotopic (exact) mass is 475 g/mol. The molecule has 0 spiro atoms. The Hall–Kier alpha value is -3.96. The zero-order valence-corrected chi connectivity index (χ0v) is 18.2. The highest BCUT2D eigenvalue weighted by Crippen LogP contribution is 2.32. The minimum atomic E-state index is -0.708. The van der Waals surface area contributed by atoms with E-state index in [1.165, 1.54) is 50.4 Å². The summed E-state index contributed by atoms with van der Waals surface area (Å²) in [7, 11) is 1.23. The van der Waals surface area contributed by atoms with Crippen LogP contribution in [0.1, 0.15) is 23.0 Å². The molecule has 0 fully saturated rings. The number of esters is 1. The van der Waals surface area contributed by atoms with E-state index >= 15 is 0 Å². The lowest BCUT2D eigenvalue weighted by molar-refractivity contribution is -0.385. The Kier molecular flexibility index (Phi) is 7.26. The number of hydrogen-bond acceptors (Lipinski definition) is 8. The van der Waals surface area contributed by atoms with Crippen LogP contribution in [0.4, 0.5) is 5.69 Å². The molecule has 0 aliphatic heterocycles. The predicted molar refractivity (Wildman–Crippen MR) is 116 cm³/mol. The van der Waals surface area contributed by atoms with Crippen LogP contribution in [0.2, 0.25) is 5.02 Å². The van der Waals surface area contributed by atoms with E-state index in [4.69, 9.17) is 20.8 Å². The number of halogens is 1. The van der Waals surface area contributed by atoms with E-state index in [2.05, 4.69) is 10.3 Å². The van der Waals surface area contributed by atoms with Gasteiger partial charge in [-0.25, -0.2) is 5.48 Å². The third kappa shape index (κ3) is 5.64. The quantitative estimate of drug-likeness (QED) is 0.226. The average Bonchev–Trinajstić information content (AvgIpc) is 3.15. The Bertz CT molecular complexity index is 1240. The molecule has 0 saturated carbocycles. The van der Waals surface area contributed by atoms with Crippen molar-refractivity contribution in [3.05, 3.63) is 68.9 Å². The number of nitro benzene ring substituents is 1. The van der Waals surface area contributed by atoms with Gasteiger partial charge in [-0.3, -0.25) is 29.3 Å². The molecule has 1 aromatic heterocycles. The third-order valence-electron chi connectivity index (χ3n) is 4.42. The maximum atomic E-state index is 13.2. The highest BCUT2D eigenvalue weighted by atomic mass is 35.5. The summed E-state index contributed by atoms with van der Waals surface area (Å²) < 4.78 is 10.6. The molecule has 11 nitrogen and oxygen atoms in total. The first kappa shape index (κ1) is 23.7. The van der Waals surface area contributed by atoms with Crippen molar-refractivity contribution in [2.24, 2.45) is 0 Å². The van der Waals surface area contributed by atoms with Crippen molar-refractivity contribution in [2.45, 2.75) is 13.5 Å². The molecule has 1 heterocycles. The third-order valence-corrected chi connectivity index (χ3v) is 4.72. The largest absolute Gasteiger partial charge is 0.451 e. The van der Waals surface area contributed by atoms with E-state index in [0.717, 1.165) is 4.90 Å². The second-order valence-corrected chi connectivity index (χ2v) is 7.21. The zero-order valence-electron chi connectivity index (χ0n) is 17.5. The Balaban J connectivity index is 1.97. The second-order valence-electron chi connectivity index (χ2n) is 6.80. The van der Waals surface area contributed by atoms with Crippen LogP contribution < -0.4 is 10.2 Å². The number of hydrogen-bond donors (Lipinski definition) is 1. The van der Waals surface area contributed by atoms with Gasteiger partial charge in [-0.05, 0) is 12.1 Å². The average molecular weight is 476 g/mol. The Morgan fingerprint density at radius 3 is 2.61 bits per heavy atom. The van der Waals surface area contributed by atoms with Crippen LogP contribution in [0.3, 0.4) is 0 Å². The fourth-order valence-electron chi connectivity index (χ4n) is 3.08. The van der Waals surface area contributed by atoms with Crippen molar-refractivity contribution in [1.82, 2.24) is 10.4 Å². The highest BCUT2D eigenvalue weighted by Gasteiger charge is 2.26. The van der Waals surface area contributed by atoms with Crippen molar-refractivity contribution in [1.29, 1.82) is 0 Å². The molecule has 12 heteroatoms. The molecule has 0 aliphatic carbocycles. The topological polar surface area (TPSA) is 141 Å².